The Bertz CT molecular complexity index is 1320. The van der Waals surface area contributed by atoms with Gasteiger partial charge in [0.15, 0.2) is 0 Å². The molecule has 3 aromatic carbocycles. The predicted octanol–water partition coefficient (Wildman–Crippen LogP) is 4.76. The number of aldehydes is 1. The highest BCUT2D eigenvalue weighted by atomic mass is 16.5. The van der Waals surface area contributed by atoms with Crippen molar-refractivity contribution in [3.05, 3.63) is 76.9 Å². The topological polar surface area (TPSA) is 106 Å². The van der Waals surface area contributed by atoms with Gasteiger partial charge in [0.05, 0.1) is 13.0 Å². The Labute approximate surface area is 235 Å². The second-order valence-corrected chi connectivity index (χ2v) is 10.6. The molecule has 2 heterocycles. The van der Waals surface area contributed by atoms with Crippen LogP contribution in [0.4, 0.5) is 0 Å². The van der Waals surface area contributed by atoms with Gasteiger partial charge >= 0.3 is 5.97 Å². The number of rotatable bonds is 9. The third kappa shape index (κ3) is 7.40. The van der Waals surface area contributed by atoms with Gasteiger partial charge in [-0.15, -0.1) is 0 Å². The zero-order valence-electron chi connectivity index (χ0n) is 23.4. The SMILES string of the molecule is CC(O)C=O.Cc1cc(OC2CN(C)C2)cc(C)c1-c1cccc(COc2ccc3c(c2)OCC3CC(=O)O)c1. The molecule has 5 rings (SSSR count). The van der Waals surface area contributed by atoms with Crippen molar-refractivity contribution < 1.29 is 34.0 Å². The van der Waals surface area contributed by atoms with Crippen molar-refractivity contribution in [2.45, 2.75) is 51.9 Å². The summed E-state index contributed by atoms with van der Waals surface area (Å²) in [6.07, 6.45) is 0.0249. The van der Waals surface area contributed by atoms with E-state index in [1.54, 1.807) is 0 Å². The van der Waals surface area contributed by atoms with Crippen LogP contribution in [0.15, 0.2) is 54.6 Å². The smallest absolute Gasteiger partial charge is 0.304 e. The summed E-state index contributed by atoms with van der Waals surface area (Å²) in [4.78, 5) is 22.6. The molecule has 3 aromatic rings. The van der Waals surface area contributed by atoms with E-state index in [4.69, 9.17) is 24.4 Å². The van der Waals surface area contributed by atoms with Crippen LogP contribution in [0.3, 0.4) is 0 Å². The summed E-state index contributed by atoms with van der Waals surface area (Å²) in [7, 11) is 2.10. The number of benzene rings is 3. The Morgan fingerprint density at radius 3 is 2.42 bits per heavy atom. The molecule has 0 amide bonds. The van der Waals surface area contributed by atoms with Crippen LogP contribution in [0.5, 0.6) is 17.2 Å². The van der Waals surface area contributed by atoms with E-state index in [9.17, 15) is 9.59 Å². The normalized spacial score (nSPS) is 17.0. The lowest BCUT2D eigenvalue weighted by Gasteiger charge is -2.36. The highest BCUT2D eigenvalue weighted by Crippen LogP contribution is 2.38. The third-order valence-corrected chi connectivity index (χ3v) is 6.94. The summed E-state index contributed by atoms with van der Waals surface area (Å²) in [6.45, 7) is 8.45. The minimum atomic E-state index is -0.814. The summed E-state index contributed by atoms with van der Waals surface area (Å²) < 4.78 is 17.9. The lowest BCUT2D eigenvalue weighted by Crippen LogP contribution is -2.51. The number of carbonyl (C=O) groups is 2. The third-order valence-electron chi connectivity index (χ3n) is 6.94. The fraction of sp³-hybridized carbons (Fsp3) is 0.375. The van der Waals surface area contributed by atoms with Crippen LogP contribution in [0.1, 0.15) is 41.5 Å². The number of aryl methyl sites for hydroxylation is 2. The van der Waals surface area contributed by atoms with Crippen LogP contribution >= 0.6 is 0 Å². The number of carboxylic acid groups (broad SMARTS) is 1. The number of carboxylic acids is 1. The van der Waals surface area contributed by atoms with Gasteiger partial charge in [0.1, 0.15) is 42.3 Å². The maximum atomic E-state index is 11.1. The quantitative estimate of drug-likeness (QED) is 0.370. The van der Waals surface area contributed by atoms with E-state index in [2.05, 4.69) is 62.2 Å². The molecule has 1 saturated heterocycles. The summed E-state index contributed by atoms with van der Waals surface area (Å²) in [6, 6.07) is 18.3. The molecule has 0 radical (unpaired) electrons. The van der Waals surface area contributed by atoms with Gasteiger partial charge < -0.3 is 29.2 Å². The molecule has 8 heteroatoms. The molecule has 0 bridgehead atoms. The van der Waals surface area contributed by atoms with E-state index in [1.165, 1.54) is 23.6 Å². The molecule has 2 aliphatic rings. The standard InChI is InChI=1S/C29H31NO5.C3H6O2/c1-18-9-24(35-25-14-30(3)15-25)10-19(2)29(18)21-6-4-5-20(11-21)16-33-23-7-8-26-22(12-28(31)32)17-34-27(26)13-23;1-3(5)2-4/h4-11,13,22,25H,12,14-17H2,1-3H3,(H,31,32);2-3,5H,1H3. The predicted molar refractivity (Wildman–Crippen MR) is 152 cm³/mol. The monoisotopic (exact) mass is 547 g/mol. The van der Waals surface area contributed by atoms with Gasteiger partial charge in [-0.3, -0.25) is 9.69 Å². The maximum Gasteiger partial charge on any atom is 0.304 e. The van der Waals surface area contributed by atoms with E-state index in [-0.39, 0.29) is 18.4 Å². The van der Waals surface area contributed by atoms with Crippen molar-refractivity contribution >= 4 is 12.3 Å². The minimum Gasteiger partial charge on any atom is -0.492 e. The van der Waals surface area contributed by atoms with Gasteiger partial charge in [-0.05, 0) is 79.9 Å². The zero-order valence-corrected chi connectivity index (χ0v) is 23.4. The second kappa shape index (κ2) is 13.0. The van der Waals surface area contributed by atoms with Crippen LogP contribution in [0.25, 0.3) is 11.1 Å². The van der Waals surface area contributed by atoms with Crippen molar-refractivity contribution in [2.75, 3.05) is 26.7 Å². The number of ether oxygens (including phenoxy) is 3. The molecule has 1 fully saturated rings. The van der Waals surface area contributed by atoms with Crippen molar-refractivity contribution in [1.82, 2.24) is 4.90 Å². The maximum absolute atomic E-state index is 11.1. The number of hydrogen-bond donors (Lipinski definition) is 2. The van der Waals surface area contributed by atoms with E-state index >= 15 is 0 Å². The number of nitrogens with zero attached hydrogens (tertiary/aromatic N) is 1. The van der Waals surface area contributed by atoms with Crippen molar-refractivity contribution in [3.8, 4) is 28.4 Å². The molecular formula is C32H37NO7. The lowest BCUT2D eigenvalue weighted by molar-refractivity contribution is -0.137. The molecule has 0 aliphatic carbocycles. The van der Waals surface area contributed by atoms with Gasteiger partial charge in [-0.25, -0.2) is 0 Å². The second-order valence-electron chi connectivity index (χ2n) is 10.6. The molecule has 0 saturated carbocycles. The molecule has 40 heavy (non-hydrogen) atoms. The van der Waals surface area contributed by atoms with Gasteiger partial charge in [0.25, 0.3) is 0 Å². The molecule has 2 N–H and O–H groups in total. The molecular weight excluding hydrogens is 510 g/mol. The Kier molecular flexibility index (Phi) is 9.45. The minimum absolute atomic E-state index is 0.0733. The Hall–Kier alpha value is -3.88. The van der Waals surface area contributed by atoms with E-state index in [0.717, 1.165) is 35.5 Å². The highest BCUT2D eigenvalue weighted by Gasteiger charge is 2.27. The van der Waals surface area contributed by atoms with Crippen LogP contribution < -0.4 is 14.2 Å². The van der Waals surface area contributed by atoms with Crippen molar-refractivity contribution in [2.24, 2.45) is 0 Å². The van der Waals surface area contributed by atoms with Crippen LogP contribution in [0, 0.1) is 13.8 Å². The first-order valence-corrected chi connectivity index (χ1v) is 13.4. The van der Waals surface area contributed by atoms with Crippen LogP contribution in [-0.2, 0) is 16.2 Å². The van der Waals surface area contributed by atoms with E-state index in [1.807, 2.05) is 18.2 Å². The lowest BCUT2D eigenvalue weighted by atomic mass is 9.94. The largest absolute Gasteiger partial charge is 0.492 e. The Morgan fingerprint density at radius 2 is 1.80 bits per heavy atom. The molecule has 0 spiro atoms. The number of likely N-dealkylation sites (N-methyl/N-ethyl adjacent to an activating group) is 1. The first-order valence-electron chi connectivity index (χ1n) is 13.4. The Balaban J connectivity index is 0.000000681. The van der Waals surface area contributed by atoms with E-state index < -0.39 is 12.1 Å². The molecule has 2 unspecified atom stereocenters. The van der Waals surface area contributed by atoms with Gasteiger partial charge in [-0.1, -0.05) is 24.3 Å². The average molecular weight is 548 g/mol. The number of hydrogen-bond acceptors (Lipinski definition) is 7. The van der Waals surface area contributed by atoms with Crippen molar-refractivity contribution in [1.29, 1.82) is 0 Å². The number of aliphatic carboxylic acids is 1. The van der Waals surface area contributed by atoms with Gasteiger partial charge in [0.2, 0.25) is 0 Å². The number of carbonyl (C=O) groups excluding carboxylic acids is 1. The zero-order chi connectivity index (χ0) is 28.8. The number of fused-ring (bicyclic) bond motifs is 1. The summed E-state index contributed by atoms with van der Waals surface area (Å²) >= 11 is 0. The van der Waals surface area contributed by atoms with Crippen molar-refractivity contribution in [3.63, 3.8) is 0 Å². The highest BCUT2D eigenvalue weighted by molar-refractivity contribution is 5.72. The average Bonchev–Trinajstić information content (AvgIpc) is 3.28. The first-order chi connectivity index (χ1) is 19.1. The molecule has 2 aliphatic heterocycles. The fourth-order valence-electron chi connectivity index (χ4n) is 5.07. The number of aliphatic hydroxyl groups excluding tert-OH is 1. The van der Waals surface area contributed by atoms with Crippen LogP contribution in [-0.4, -0.2) is 66.3 Å². The van der Waals surface area contributed by atoms with Gasteiger partial charge in [0, 0.05) is 30.6 Å². The number of likely N-dealkylation sites (tertiary alicyclic amines) is 1. The van der Waals surface area contributed by atoms with E-state index in [0.29, 0.717) is 31.0 Å². The Morgan fingerprint density at radius 1 is 1.10 bits per heavy atom. The first kappa shape index (κ1) is 29.1. The molecule has 2 atom stereocenters. The summed E-state index contributed by atoms with van der Waals surface area (Å²) in [5, 5.41) is 17.1. The van der Waals surface area contributed by atoms with Crippen LogP contribution in [0.2, 0.25) is 0 Å². The summed E-state index contributed by atoms with van der Waals surface area (Å²) in [5.41, 5.74) is 6.77. The summed E-state index contributed by atoms with van der Waals surface area (Å²) in [5.74, 6) is 1.44. The fourth-order valence-corrected chi connectivity index (χ4v) is 5.07. The molecule has 0 aromatic heterocycles. The van der Waals surface area contributed by atoms with Gasteiger partial charge in [-0.2, -0.15) is 0 Å². The molecule has 8 nitrogen and oxygen atoms in total. The number of aliphatic hydroxyl groups is 1. The molecule has 212 valence electrons.